The molecule has 0 saturated carbocycles. The van der Waals surface area contributed by atoms with Gasteiger partial charge >= 0.3 is 0 Å². The maximum atomic E-state index is 8.56. The third kappa shape index (κ3) is 7.54. The molecule has 1 rings (SSSR count). The summed E-state index contributed by atoms with van der Waals surface area (Å²) in [7, 11) is 0. The van der Waals surface area contributed by atoms with Gasteiger partial charge in [-0.3, -0.25) is 0 Å². The van der Waals surface area contributed by atoms with Gasteiger partial charge in [-0.05, 0) is 46.9 Å². The molecule has 0 aromatic heterocycles. The molecule has 0 amide bonds. The van der Waals surface area contributed by atoms with E-state index >= 15 is 0 Å². The zero-order chi connectivity index (χ0) is 12.3. The van der Waals surface area contributed by atoms with Crippen LogP contribution < -0.4 is 10.1 Å². The van der Waals surface area contributed by atoms with Gasteiger partial charge in [-0.2, -0.15) is 0 Å². The highest BCUT2D eigenvalue weighted by atomic mass is 127. The highest BCUT2D eigenvalue weighted by Crippen LogP contribution is 2.12. The summed E-state index contributed by atoms with van der Waals surface area (Å²) in [6.45, 7) is 3.69. The normalized spacial score (nSPS) is 10.5. The van der Waals surface area contributed by atoms with Crippen LogP contribution >= 0.6 is 22.6 Å². The number of ether oxygens (including phenoxy) is 2. The minimum absolute atomic E-state index is 0.218. The summed E-state index contributed by atoms with van der Waals surface area (Å²) in [5.41, 5.74) is 0. The Balaban J connectivity index is 1.95. The summed E-state index contributed by atoms with van der Waals surface area (Å²) in [4.78, 5) is 0. The van der Waals surface area contributed by atoms with Gasteiger partial charge in [0, 0.05) is 3.57 Å². The molecule has 0 saturated heterocycles. The highest BCUT2D eigenvalue weighted by molar-refractivity contribution is 14.1. The van der Waals surface area contributed by atoms with E-state index in [9.17, 15) is 0 Å². The molecule has 0 bridgehead atoms. The van der Waals surface area contributed by atoms with Crippen molar-refractivity contribution in [2.24, 2.45) is 0 Å². The van der Waals surface area contributed by atoms with E-state index in [-0.39, 0.29) is 6.61 Å². The fraction of sp³-hybridized carbons (Fsp3) is 0.500. The fourth-order valence-electron chi connectivity index (χ4n) is 1.25. The molecule has 4 nitrogen and oxygen atoms in total. The Labute approximate surface area is 115 Å². The molecule has 3 N–H and O–H groups in total. The average molecular weight is 352 g/mol. The van der Waals surface area contributed by atoms with Crippen molar-refractivity contribution < 1.29 is 19.9 Å². The minimum atomic E-state index is 0.218. The standard InChI is InChI=1S/C12H18INO3/c13-11-1-3-12(4-2-11)17-10-9-16-8-6-14-5-7-15/h1-4,14-15H,5-10H2/p+1. The Morgan fingerprint density at radius 2 is 1.82 bits per heavy atom. The van der Waals surface area contributed by atoms with Gasteiger partial charge in [-0.15, -0.1) is 0 Å². The van der Waals surface area contributed by atoms with E-state index in [1.807, 2.05) is 29.6 Å². The van der Waals surface area contributed by atoms with Crippen molar-refractivity contribution in [2.45, 2.75) is 0 Å². The van der Waals surface area contributed by atoms with Crippen molar-refractivity contribution in [1.29, 1.82) is 0 Å². The van der Waals surface area contributed by atoms with Crippen molar-refractivity contribution >= 4 is 22.6 Å². The lowest BCUT2D eigenvalue weighted by Gasteiger charge is -2.06. The predicted octanol–water partition coefficient (Wildman–Crippen LogP) is 0.242. The molecule has 0 heterocycles. The molecule has 1 aromatic rings. The zero-order valence-corrected chi connectivity index (χ0v) is 11.9. The van der Waals surface area contributed by atoms with Crippen LogP contribution in [0.1, 0.15) is 0 Å². The average Bonchev–Trinajstić information content (AvgIpc) is 2.35. The second kappa shape index (κ2) is 9.64. The smallest absolute Gasteiger partial charge is 0.119 e. The number of hydrogen-bond donors (Lipinski definition) is 2. The number of rotatable bonds is 9. The first-order chi connectivity index (χ1) is 8.33. The Morgan fingerprint density at radius 1 is 1.06 bits per heavy atom. The zero-order valence-electron chi connectivity index (χ0n) is 9.77. The predicted molar refractivity (Wildman–Crippen MR) is 74.2 cm³/mol. The molecule has 96 valence electrons. The van der Waals surface area contributed by atoms with Crippen molar-refractivity contribution in [3.63, 3.8) is 0 Å². The lowest BCUT2D eigenvalue weighted by atomic mass is 10.3. The summed E-state index contributed by atoms with van der Waals surface area (Å²) in [6.07, 6.45) is 0. The molecule has 0 aliphatic carbocycles. The summed E-state index contributed by atoms with van der Waals surface area (Å²) in [5.74, 6) is 0.876. The summed E-state index contributed by atoms with van der Waals surface area (Å²) >= 11 is 2.26. The monoisotopic (exact) mass is 352 g/mol. The Morgan fingerprint density at radius 3 is 2.53 bits per heavy atom. The number of aliphatic hydroxyl groups is 1. The topological polar surface area (TPSA) is 55.3 Å². The van der Waals surface area contributed by atoms with E-state index in [2.05, 4.69) is 22.6 Å². The van der Waals surface area contributed by atoms with E-state index in [1.165, 1.54) is 3.57 Å². The molecular weight excluding hydrogens is 333 g/mol. The van der Waals surface area contributed by atoms with Crippen LogP contribution in [0.15, 0.2) is 24.3 Å². The molecule has 0 atom stereocenters. The summed E-state index contributed by atoms with van der Waals surface area (Å²) in [6, 6.07) is 7.94. The van der Waals surface area contributed by atoms with E-state index in [0.717, 1.165) is 18.8 Å². The van der Waals surface area contributed by atoms with Crippen LogP contribution in [0, 0.1) is 3.57 Å². The van der Waals surface area contributed by atoms with E-state index in [1.54, 1.807) is 0 Å². The summed E-state index contributed by atoms with van der Waals surface area (Å²) in [5, 5.41) is 10.6. The van der Waals surface area contributed by atoms with Crippen LogP contribution in [0.2, 0.25) is 0 Å². The lowest BCUT2D eigenvalue weighted by Crippen LogP contribution is -2.86. The number of nitrogens with two attached hydrogens (primary N) is 1. The maximum absolute atomic E-state index is 8.56. The number of aliphatic hydroxyl groups excluding tert-OH is 1. The number of quaternary nitrogens is 1. The van der Waals surface area contributed by atoms with Gasteiger partial charge < -0.3 is 19.9 Å². The van der Waals surface area contributed by atoms with Crippen LogP contribution in [0.25, 0.3) is 0 Å². The van der Waals surface area contributed by atoms with E-state index < -0.39 is 0 Å². The first-order valence-electron chi connectivity index (χ1n) is 5.71. The molecule has 0 fully saturated rings. The SMILES string of the molecule is OCC[NH2+]CCOCCOc1ccc(I)cc1. The minimum Gasteiger partial charge on any atom is -0.491 e. The molecular formula is C12H19INO3+. The molecule has 0 unspecified atom stereocenters. The van der Waals surface area contributed by atoms with Crippen LogP contribution in [0.5, 0.6) is 5.75 Å². The van der Waals surface area contributed by atoms with Crippen molar-refractivity contribution in [1.82, 2.24) is 0 Å². The van der Waals surface area contributed by atoms with Crippen molar-refractivity contribution in [3.8, 4) is 5.75 Å². The first kappa shape index (κ1) is 14.7. The molecule has 0 aliphatic rings. The molecule has 5 heteroatoms. The van der Waals surface area contributed by atoms with Gasteiger partial charge in [0.1, 0.15) is 12.4 Å². The summed E-state index contributed by atoms with van der Waals surface area (Å²) < 4.78 is 12.1. The highest BCUT2D eigenvalue weighted by Gasteiger charge is 1.94. The quantitative estimate of drug-likeness (QED) is 0.495. The van der Waals surface area contributed by atoms with Gasteiger partial charge in [-0.25, -0.2) is 0 Å². The van der Waals surface area contributed by atoms with Crippen molar-refractivity contribution in [3.05, 3.63) is 27.8 Å². The number of halogens is 1. The largest absolute Gasteiger partial charge is 0.491 e. The van der Waals surface area contributed by atoms with E-state index in [0.29, 0.717) is 19.8 Å². The van der Waals surface area contributed by atoms with Gasteiger partial charge in [0.25, 0.3) is 0 Å². The van der Waals surface area contributed by atoms with Crippen LogP contribution in [-0.4, -0.2) is 44.6 Å². The van der Waals surface area contributed by atoms with Gasteiger partial charge in [0.05, 0.1) is 32.9 Å². The van der Waals surface area contributed by atoms with Crippen LogP contribution in [0.3, 0.4) is 0 Å². The van der Waals surface area contributed by atoms with Crippen LogP contribution in [0.4, 0.5) is 0 Å². The Hall–Kier alpha value is -0.370. The molecule has 1 aromatic carbocycles. The third-order valence-corrected chi connectivity index (χ3v) is 2.83. The fourth-order valence-corrected chi connectivity index (χ4v) is 1.61. The molecule has 0 spiro atoms. The second-order valence-electron chi connectivity index (χ2n) is 3.50. The number of hydrogen-bond acceptors (Lipinski definition) is 3. The van der Waals surface area contributed by atoms with Gasteiger partial charge in [0.2, 0.25) is 0 Å². The van der Waals surface area contributed by atoms with Crippen LogP contribution in [-0.2, 0) is 4.74 Å². The second-order valence-corrected chi connectivity index (χ2v) is 4.75. The first-order valence-corrected chi connectivity index (χ1v) is 6.79. The number of benzene rings is 1. The van der Waals surface area contributed by atoms with E-state index in [4.69, 9.17) is 14.6 Å². The Kier molecular flexibility index (Phi) is 8.33. The molecule has 0 aliphatic heterocycles. The Bertz CT molecular complexity index is 292. The van der Waals surface area contributed by atoms with Gasteiger partial charge in [0.15, 0.2) is 0 Å². The third-order valence-electron chi connectivity index (χ3n) is 2.11. The molecule has 17 heavy (non-hydrogen) atoms. The lowest BCUT2D eigenvalue weighted by molar-refractivity contribution is -0.657. The van der Waals surface area contributed by atoms with Crippen molar-refractivity contribution in [2.75, 3.05) is 39.5 Å². The molecule has 0 radical (unpaired) electrons. The maximum Gasteiger partial charge on any atom is 0.119 e. The van der Waals surface area contributed by atoms with Gasteiger partial charge in [-0.1, -0.05) is 0 Å².